The van der Waals surface area contributed by atoms with Gasteiger partial charge in [0, 0.05) is 23.5 Å². The second-order valence-electron chi connectivity index (χ2n) is 7.52. The van der Waals surface area contributed by atoms with Crippen LogP contribution in [0.3, 0.4) is 0 Å². The predicted octanol–water partition coefficient (Wildman–Crippen LogP) is 4.13. The molecule has 31 heavy (non-hydrogen) atoms. The first-order valence-electron chi connectivity index (χ1n) is 10.2. The first-order valence-corrected chi connectivity index (χ1v) is 10.2. The lowest BCUT2D eigenvalue weighted by Gasteiger charge is -2.02. The Bertz CT molecular complexity index is 1410. The number of hydrogen-bond acceptors (Lipinski definition) is 5. The Kier molecular flexibility index (Phi) is 4.71. The molecule has 7 heteroatoms. The third kappa shape index (κ3) is 3.66. The number of nitrogens with zero attached hydrogens (tertiary/aromatic N) is 5. The Morgan fingerprint density at radius 1 is 0.968 bits per heavy atom. The summed E-state index contributed by atoms with van der Waals surface area (Å²) in [5.74, 6) is 0.878. The third-order valence-corrected chi connectivity index (χ3v) is 5.34. The molecule has 0 saturated heterocycles. The second kappa shape index (κ2) is 7.68. The van der Waals surface area contributed by atoms with Crippen molar-refractivity contribution < 1.29 is 4.52 Å². The fraction of sp³-hybridized carbons (Fsp3) is 0.167. The van der Waals surface area contributed by atoms with E-state index in [1.165, 1.54) is 5.56 Å². The van der Waals surface area contributed by atoms with Crippen LogP contribution in [0.15, 0.2) is 76.3 Å². The van der Waals surface area contributed by atoms with E-state index in [-0.39, 0.29) is 12.1 Å². The molecular weight excluding hydrogens is 390 g/mol. The maximum absolute atomic E-state index is 13.0. The summed E-state index contributed by atoms with van der Waals surface area (Å²) < 4.78 is 8.53. The number of benzene rings is 2. The van der Waals surface area contributed by atoms with Crippen LogP contribution in [0, 0.1) is 6.92 Å². The van der Waals surface area contributed by atoms with Crippen LogP contribution in [0.1, 0.15) is 23.9 Å². The van der Waals surface area contributed by atoms with Crippen molar-refractivity contribution in [2.75, 3.05) is 0 Å². The van der Waals surface area contributed by atoms with Crippen LogP contribution in [0.2, 0.25) is 0 Å². The van der Waals surface area contributed by atoms with Crippen molar-refractivity contribution in [1.29, 1.82) is 0 Å². The zero-order valence-corrected chi connectivity index (χ0v) is 17.3. The van der Waals surface area contributed by atoms with Crippen molar-refractivity contribution in [2.24, 2.45) is 0 Å². The molecule has 0 amide bonds. The highest BCUT2D eigenvalue weighted by Gasteiger charge is 2.13. The monoisotopic (exact) mass is 411 g/mol. The van der Waals surface area contributed by atoms with E-state index in [0.29, 0.717) is 17.2 Å². The van der Waals surface area contributed by atoms with Gasteiger partial charge in [0.15, 0.2) is 0 Å². The van der Waals surface area contributed by atoms with Crippen molar-refractivity contribution in [2.45, 2.75) is 26.8 Å². The minimum Gasteiger partial charge on any atom is -0.337 e. The standard InChI is InChI=1S/C24H21N5O2/c1-3-17-6-10-18(11-7-17)20-14-21-24(30)28(12-13-29(21)26-20)15-22-25-23(27-31-22)19-8-4-16(2)5-9-19/h4-14H,3,15H2,1-2H3. The minimum absolute atomic E-state index is 0.165. The van der Waals surface area contributed by atoms with Crippen LogP contribution in [-0.4, -0.2) is 24.3 Å². The summed E-state index contributed by atoms with van der Waals surface area (Å²) in [6.45, 7) is 4.34. The van der Waals surface area contributed by atoms with Gasteiger partial charge in [0.1, 0.15) is 12.1 Å². The van der Waals surface area contributed by atoms with Gasteiger partial charge in [0.25, 0.3) is 5.56 Å². The molecule has 0 bridgehead atoms. The van der Waals surface area contributed by atoms with Gasteiger partial charge < -0.3 is 9.09 Å². The molecular formula is C24H21N5O2. The van der Waals surface area contributed by atoms with Gasteiger partial charge in [-0.3, -0.25) is 4.79 Å². The van der Waals surface area contributed by atoms with Gasteiger partial charge in [0.2, 0.25) is 11.7 Å². The molecule has 0 aliphatic carbocycles. The molecule has 0 atom stereocenters. The largest absolute Gasteiger partial charge is 0.337 e. The SMILES string of the molecule is CCc1ccc(-c2cc3c(=O)n(Cc4nc(-c5ccc(C)cc5)no4)ccn3n2)cc1. The number of aryl methyl sites for hydroxylation is 2. The van der Waals surface area contributed by atoms with E-state index in [1.54, 1.807) is 21.5 Å². The molecule has 7 nitrogen and oxygen atoms in total. The van der Waals surface area contributed by atoms with Crippen molar-refractivity contribution in [1.82, 2.24) is 24.3 Å². The first-order chi connectivity index (χ1) is 15.1. The Labute approximate surface area is 178 Å². The van der Waals surface area contributed by atoms with Crippen LogP contribution >= 0.6 is 0 Å². The maximum Gasteiger partial charge on any atom is 0.277 e. The smallest absolute Gasteiger partial charge is 0.277 e. The summed E-state index contributed by atoms with van der Waals surface area (Å²) in [5.41, 5.74) is 5.37. The third-order valence-electron chi connectivity index (χ3n) is 5.34. The first kappa shape index (κ1) is 19.0. The Balaban J connectivity index is 1.43. The van der Waals surface area contributed by atoms with Gasteiger partial charge in [0.05, 0.1) is 5.69 Å². The van der Waals surface area contributed by atoms with Crippen LogP contribution in [-0.2, 0) is 13.0 Å². The summed E-state index contributed by atoms with van der Waals surface area (Å²) >= 11 is 0. The van der Waals surface area contributed by atoms with Gasteiger partial charge >= 0.3 is 0 Å². The van der Waals surface area contributed by atoms with Gasteiger partial charge in [-0.2, -0.15) is 10.1 Å². The maximum atomic E-state index is 13.0. The lowest BCUT2D eigenvalue weighted by molar-refractivity contribution is 0.370. The molecule has 3 heterocycles. The van der Waals surface area contributed by atoms with Crippen molar-refractivity contribution in [3.63, 3.8) is 0 Å². The highest BCUT2D eigenvalue weighted by Crippen LogP contribution is 2.20. The number of aromatic nitrogens is 5. The fourth-order valence-electron chi connectivity index (χ4n) is 3.49. The van der Waals surface area contributed by atoms with E-state index in [1.807, 2.05) is 49.4 Å². The average Bonchev–Trinajstić information content (AvgIpc) is 3.44. The van der Waals surface area contributed by atoms with Crippen LogP contribution in [0.5, 0.6) is 0 Å². The van der Waals surface area contributed by atoms with Crippen LogP contribution in [0.25, 0.3) is 28.2 Å². The zero-order chi connectivity index (χ0) is 21.4. The molecule has 0 unspecified atom stereocenters. The molecule has 0 aliphatic heterocycles. The molecule has 2 aromatic carbocycles. The zero-order valence-electron chi connectivity index (χ0n) is 17.3. The normalized spacial score (nSPS) is 11.3. The van der Waals surface area contributed by atoms with Crippen molar-refractivity contribution in [3.05, 3.63) is 94.4 Å². The van der Waals surface area contributed by atoms with Crippen molar-refractivity contribution in [3.8, 4) is 22.6 Å². The minimum atomic E-state index is -0.165. The van der Waals surface area contributed by atoms with E-state index in [9.17, 15) is 4.79 Å². The average molecular weight is 411 g/mol. The summed E-state index contributed by atoms with van der Waals surface area (Å²) in [7, 11) is 0. The van der Waals surface area contributed by atoms with Crippen LogP contribution in [0.4, 0.5) is 0 Å². The number of hydrogen-bond donors (Lipinski definition) is 0. The molecule has 0 radical (unpaired) electrons. The summed E-state index contributed by atoms with van der Waals surface area (Å²) in [4.78, 5) is 17.4. The van der Waals surface area contributed by atoms with E-state index in [4.69, 9.17) is 4.52 Å². The summed E-state index contributed by atoms with van der Waals surface area (Å²) in [5, 5.41) is 8.59. The quantitative estimate of drug-likeness (QED) is 0.434. The summed E-state index contributed by atoms with van der Waals surface area (Å²) in [6, 6.07) is 17.9. The lowest BCUT2D eigenvalue weighted by Crippen LogP contribution is -2.21. The fourth-order valence-corrected chi connectivity index (χ4v) is 3.49. The van der Waals surface area contributed by atoms with E-state index < -0.39 is 0 Å². The van der Waals surface area contributed by atoms with E-state index in [0.717, 1.165) is 28.8 Å². The van der Waals surface area contributed by atoms with Gasteiger partial charge in [-0.25, -0.2) is 4.52 Å². The number of rotatable bonds is 5. The topological polar surface area (TPSA) is 78.2 Å². The molecule has 0 fully saturated rings. The van der Waals surface area contributed by atoms with E-state index >= 15 is 0 Å². The lowest BCUT2D eigenvalue weighted by atomic mass is 10.1. The predicted molar refractivity (Wildman–Crippen MR) is 118 cm³/mol. The number of fused-ring (bicyclic) bond motifs is 1. The van der Waals surface area contributed by atoms with Gasteiger partial charge in [-0.15, -0.1) is 0 Å². The molecule has 0 spiro atoms. The Morgan fingerprint density at radius 2 is 1.71 bits per heavy atom. The molecule has 5 aromatic rings. The molecule has 3 aromatic heterocycles. The van der Waals surface area contributed by atoms with Crippen molar-refractivity contribution >= 4 is 5.52 Å². The summed E-state index contributed by atoms with van der Waals surface area (Å²) in [6.07, 6.45) is 4.43. The second-order valence-corrected chi connectivity index (χ2v) is 7.52. The van der Waals surface area contributed by atoms with Crippen LogP contribution < -0.4 is 5.56 Å². The van der Waals surface area contributed by atoms with Gasteiger partial charge in [-0.1, -0.05) is 66.2 Å². The Hall–Kier alpha value is -4.00. The molecule has 5 rings (SSSR count). The highest BCUT2D eigenvalue weighted by molar-refractivity contribution is 5.65. The Morgan fingerprint density at radius 3 is 2.45 bits per heavy atom. The molecule has 0 aliphatic rings. The molecule has 0 saturated carbocycles. The van der Waals surface area contributed by atoms with E-state index in [2.05, 4.69) is 34.3 Å². The molecule has 154 valence electrons. The van der Waals surface area contributed by atoms with Gasteiger partial charge in [-0.05, 0) is 25.0 Å². The highest BCUT2D eigenvalue weighted by atomic mass is 16.5. The molecule has 0 N–H and O–H groups in total.